The van der Waals surface area contributed by atoms with Crippen molar-refractivity contribution in [2.75, 3.05) is 5.32 Å². The van der Waals surface area contributed by atoms with E-state index in [4.69, 9.17) is 0 Å². The lowest BCUT2D eigenvalue weighted by Gasteiger charge is -2.27. The van der Waals surface area contributed by atoms with Crippen molar-refractivity contribution >= 4 is 53.0 Å². The van der Waals surface area contributed by atoms with Gasteiger partial charge in [0.2, 0.25) is 23.6 Å². The van der Waals surface area contributed by atoms with Crippen LogP contribution in [0, 0.1) is 0 Å². The first-order valence-electron chi connectivity index (χ1n) is 19.0. The van der Waals surface area contributed by atoms with Gasteiger partial charge in [-0.3, -0.25) is 24.0 Å². The predicted octanol–water partition coefficient (Wildman–Crippen LogP) is 3.52. The molecule has 3 aliphatic heterocycles. The lowest BCUT2D eigenvalue weighted by Crippen LogP contribution is -2.59. The normalized spacial score (nSPS) is 23.4. The summed E-state index contributed by atoms with van der Waals surface area (Å²) in [4.78, 5) is 81.2. The number of rotatable bonds is 8. The molecule has 6 atom stereocenters. The minimum atomic E-state index is -1.76. The third-order valence-corrected chi connectivity index (χ3v) is 11.0. The lowest BCUT2D eigenvalue weighted by atomic mass is 9.99. The first kappa shape index (κ1) is 41.4. The molecule has 2 bridgehead atoms. The third-order valence-electron chi connectivity index (χ3n) is 9.92. The van der Waals surface area contributed by atoms with Crippen molar-refractivity contribution in [3.8, 4) is 11.1 Å². The number of aliphatic hydroxyl groups excluding tert-OH is 1. The fraction of sp³-hybridized carbons (Fsp3) is 0.273. The fourth-order valence-electron chi connectivity index (χ4n) is 6.77. The molecule has 4 aromatic rings. The van der Waals surface area contributed by atoms with E-state index < -0.39 is 72.2 Å². The summed E-state index contributed by atoms with van der Waals surface area (Å²) >= 11 is 1.50. The van der Waals surface area contributed by atoms with E-state index in [0.29, 0.717) is 23.1 Å². The second-order valence-electron chi connectivity index (χ2n) is 14.3. The summed E-state index contributed by atoms with van der Waals surface area (Å²) in [7, 11) is 0. The molecule has 0 saturated carbocycles. The van der Waals surface area contributed by atoms with Gasteiger partial charge in [0.15, 0.2) is 0 Å². The number of amides is 5. The Kier molecular flexibility index (Phi) is 14.1. The maximum atomic E-state index is 14.4. The second-order valence-corrected chi connectivity index (χ2v) is 15.5. The third kappa shape index (κ3) is 11.6. The molecule has 3 heterocycles. The molecule has 3 aliphatic rings. The average Bonchev–Trinajstić information content (AvgIpc) is 3.74. The average molecular weight is 804 g/mol. The van der Waals surface area contributed by atoms with Crippen LogP contribution in [0.5, 0.6) is 0 Å². The number of carboxylic acid groups (broad SMARTS) is 1. The number of carbonyl (C=O) groups excluding carboxylic acids is 5. The van der Waals surface area contributed by atoms with Gasteiger partial charge < -0.3 is 36.8 Å². The topological polar surface area (TPSA) is 203 Å². The van der Waals surface area contributed by atoms with Gasteiger partial charge in [0.25, 0.3) is 5.91 Å². The molecule has 7 N–H and O–H groups in total. The highest BCUT2D eigenvalue weighted by Crippen LogP contribution is 2.28. The number of anilines is 1. The second kappa shape index (κ2) is 19.7. The summed E-state index contributed by atoms with van der Waals surface area (Å²) in [6.07, 6.45) is 0.253. The van der Waals surface area contributed by atoms with Gasteiger partial charge >= 0.3 is 5.97 Å². The zero-order valence-corrected chi connectivity index (χ0v) is 32.3. The Hall–Kier alpha value is -6.25. The highest BCUT2D eigenvalue weighted by Gasteiger charge is 2.34. The summed E-state index contributed by atoms with van der Waals surface area (Å²) in [5.74, 6) is -5.06. The van der Waals surface area contributed by atoms with Gasteiger partial charge in [0.05, 0.1) is 6.42 Å². The molecule has 14 heteroatoms. The molecule has 300 valence electrons. The van der Waals surface area contributed by atoms with Gasteiger partial charge in [-0.2, -0.15) is 0 Å². The summed E-state index contributed by atoms with van der Waals surface area (Å²) in [5, 5.41) is 36.1. The molecule has 0 radical (unpaired) electrons. The molecule has 7 rings (SSSR count). The number of carbonyl (C=O) groups is 6. The molecule has 0 aromatic heterocycles. The number of aliphatic carboxylic acids is 1. The van der Waals surface area contributed by atoms with E-state index in [9.17, 15) is 39.0 Å². The van der Waals surface area contributed by atoms with Gasteiger partial charge in [0.1, 0.15) is 30.3 Å². The zero-order valence-electron chi connectivity index (χ0n) is 31.5. The van der Waals surface area contributed by atoms with E-state index in [1.165, 1.54) is 23.9 Å². The van der Waals surface area contributed by atoms with Crippen molar-refractivity contribution in [3.63, 3.8) is 0 Å². The number of fused-ring (bicyclic) bond motifs is 18. The van der Waals surface area contributed by atoms with Crippen LogP contribution in [-0.4, -0.2) is 81.2 Å². The van der Waals surface area contributed by atoms with E-state index in [1.54, 1.807) is 42.5 Å². The van der Waals surface area contributed by atoms with Crippen LogP contribution in [0.1, 0.15) is 36.0 Å². The first-order chi connectivity index (χ1) is 28.0. The Morgan fingerprint density at radius 1 is 0.621 bits per heavy atom. The molecule has 58 heavy (non-hydrogen) atoms. The van der Waals surface area contributed by atoms with Crippen molar-refractivity contribution < 1.29 is 39.0 Å². The number of hydrogen-bond donors (Lipinski definition) is 7. The van der Waals surface area contributed by atoms with Gasteiger partial charge in [-0.05, 0) is 58.2 Å². The van der Waals surface area contributed by atoms with Crippen molar-refractivity contribution in [1.29, 1.82) is 0 Å². The molecule has 0 fully saturated rings. The summed E-state index contributed by atoms with van der Waals surface area (Å²) < 4.78 is 0. The van der Waals surface area contributed by atoms with Crippen molar-refractivity contribution in [2.45, 2.75) is 74.0 Å². The molecular weight excluding hydrogens is 759 g/mol. The van der Waals surface area contributed by atoms with Crippen molar-refractivity contribution in [2.24, 2.45) is 0 Å². The minimum absolute atomic E-state index is 0.000815. The van der Waals surface area contributed by atoms with Gasteiger partial charge in [-0.25, -0.2) is 4.79 Å². The molecule has 5 amide bonds. The minimum Gasteiger partial charge on any atom is -0.480 e. The van der Waals surface area contributed by atoms with E-state index >= 15 is 0 Å². The number of nitrogens with one attached hydrogen (secondary N) is 5. The summed E-state index contributed by atoms with van der Waals surface area (Å²) in [6.45, 7) is 0. The molecular formula is C44H45N5O8S. The van der Waals surface area contributed by atoms with Gasteiger partial charge in [-0.15, -0.1) is 11.8 Å². The molecule has 0 aliphatic carbocycles. The summed E-state index contributed by atoms with van der Waals surface area (Å²) in [6, 6.07) is 27.2. The maximum Gasteiger partial charge on any atom is 0.326 e. The van der Waals surface area contributed by atoms with E-state index in [1.807, 2.05) is 66.1 Å². The largest absolute Gasteiger partial charge is 0.480 e. The molecule has 1 unspecified atom stereocenters. The number of aliphatic hydroxyl groups is 1. The van der Waals surface area contributed by atoms with Crippen LogP contribution < -0.4 is 26.6 Å². The van der Waals surface area contributed by atoms with Gasteiger partial charge in [-0.1, -0.05) is 103 Å². The molecule has 13 nitrogen and oxygen atoms in total. The smallest absolute Gasteiger partial charge is 0.326 e. The Morgan fingerprint density at radius 3 is 1.79 bits per heavy atom. The first-order valence-corrected chi connectivity index (χ1v) is 19.9. The number of allylic oxidation sites excluding steroid dienone is 1. The van der Waals surface area contributed by atoms with Crippen LogP contribution in [0.15, 0.2) is 121 Å². The fourth-order valence-corrected chi connectivity index (χ4v) is 7.74. The van der Waals surface area contributed by atoms with Crippen LogP contribution in [0.25, 0.3) is 11.1 Å². The van der Waals surface area contributed by atoms with Crippen LogP contribution in [-0.2, 0) is 48.0 Å². The highest BCUT2D eigenvalue weighted by atomic mass is 32.2. The van der Waals surface area contributed by atoms with E-state index in [0.717, 1.165) is 11.1 Å². The zero-order chi connectivity index (χ0) is 41.0. The molecule has 4 aromatic carbocycles. The number of hydrogen-bond acceptors (Lipinski definition) is 8. The lowest BCUT2D eigenvalue weighted by molar-refractivity contribution is -0.142. The van der Waals surface area contributed by atoms with Crippen LogP contribution in [0.4, 0.5) is 5.69 Å². The highest BCUT2D eigenvalue weighted by molar-refractivity contribution is 8.03. The monoisotopic (exact) mass is 803 g/mol. The standard InChI is InChI=1S/C44H45N5O8S/c50-38-26-39(51)46-36(25-33-12-7-21-58-33)42(54)48-35(23-28-13-17-31(18-14-28)30-10-5-2-6-11-30)40(52)47-34(22-27-8-3-1-4-9-27)41(53)49-37(44(56)57)24-29-15-19-32(20-16-29)45-43(38)55/h1-11,13-21,33-38,50H,12,22-26H2,(H,45,55)(H,46,51)(H,47,52)(H,48,54)(H,49,53)(H,56,57)/t33?,34-,35+,36+,37-,38-/m1/s1. The van der Waals surface area contributed by atoms with Crippen LogP contribution in [0.2, 0.25) is 0 Å². The van der Waals surface area contributed by atoms with Gasteiger partial charge in [0, 0.05) is 30.2 Å². The van der Waals surface area contributed by atoms with Crippen molar-refractivity contribution in [3.05, 3.63) is 137 Å². The number of thioether (sulfide) groups is 1. The van der Waals surface area contributed by atoms with Crippen molar-refractivity contribution in [1.82, 2.24) is 21.3 Å². The Bertz CT molecular complexity index is 2110. The predicted molar refractivity (Wildman–Crippen MR) is 220 cm³/mol. The SMILES string of the molecule is O=C1C[C@@H](O)C(=O)Nc2ccc(cc2)C[C@H](C(=O)O)NC(=O)[C@@H](Cc2ccccc2)NC(=O)[C@H](Cc2ccc(-c3ccccc3)cc2)NC(=O)[C@H](CC2CC=CS2)N1. The molecule has 0 saturated heterocycles. The Balaban J connectivity index is 1.34. The Labute approximate surface area is 340 Å². The summed E-state index contributed by atoms with van der Waals surface area (Å²) in [5.41, 5.74) is 4.12. The van der Waals surface area contributed by atoms with E-state index in [2.05, 4.69) is 26.6 Å². The van der Waals surface area contributed by atoms with Crippen LogP contribution >= 0.6 is 11.8 Å². The molecule has 0 spiro atoms. The maximum absolute atomic E-state index is 14.4. The number of carboxylic acids is 1. The van der Waals surface area contributed by atoms with Crippen LogP contribution in [0.3, 0.4) is 0 Å². The number of benzene rings is 4. The van der Waals surface area contributed by atoms with E-state index in [-0.39, 0.29) is 36.6 Å². The quantitative estimate of drug-likeness (QED) is 0.130. The Morgan fingerprint density at radius 2 is 1.19 bits per heavy atom.